The number of benzene rings is 1. The molecule has 0 saturated heterocycles. The predicted molar refractivity (Wildman–Crippen MR) is 87.4 cm³/mol. The molecule has 0 aliphatic carbocycles. The molecule has 1 heterocycles. The maximum Gasteiger partial charge on any atom is 0.416 e. The Bertz CT molecular complexity index is 735. The molecule has 2 N–H and O–H groups in total. The molecule has 4 nitrogen and oxygen atoms in total. The molecule has 1 amide bonds. The van der Waals surface area contributed by atoms with E-state index in [2.05, 4.69) is 15.6 Å². The number of aromatic nitrogens is 1. The van der Waals surface area contributed by atoms with E-state index in [-0.39, 0.29) is 16.3 Å². The molecular formula is C16H15ClF3N3O. The molecular weight excluding hydrogens is 343 g/mol. The number of carbonyl (C=O) groups excluding carboxylic acids is 1. The van der Waals surface area contributed by atoms with Gasteiger partial charge in [0.2, 0.25) is 0 Å². The van der Waals surface area contributed by atoms with E-state index in [9.17, 15) is 18.0 Å². The van der Waals surface area contributed by atoms with Crippen LogP contribution in [0, 0.1) is 0 Å². The second-order valence-corrected chi connectivity index (χ2v) is 5.44. The van der Waals surface area contributed by atoms with Crippen LogP contribution in [0.1, 0.15) is 29.3 Å². The quantitative estimate of drug-likeness (QED) is 0.806. The lowest BCUT2D eigenvalue weighted by atomic mass is 10.2. The Hall–Kier alpha value is -2.28. The number of hydrogen-bond acceptors (Lipinski definition) is 3. The fourth-order valence-corrected chi connectivity index (χ4v) is 2.09. The van der Waals surface area contributed by atoms with Crippen molar-refractivity contribution in [2.24, 2.45) is 0 Å². The van der Waals surface area contributed by atoms with Crippen LogP contribution in [0.15, 0.2) is 36.7 Å². The summed E-state index contributed by atoms with van der Waals surface area (Å²) in [5.74, 6) is -0.594. The molecule has 1 aromatic carbocycles. The molecule has 1 aromatic heterocycles. The standard InChI is InChI=1S/C16H15ClF3N3O/c1-2-5-22-12-6-10(8-21-9-12)15(24)23-14-7-11(16(18,19)20)3-4-13(14)17/h3-4,6-9,22H,2,5H2,1H3,(H,23,24). The molecule has 0 unspecified atom stereocenters. The summed E-state index contributed by atoms with van der Waals surface area (Å²) < 4.78 is 38.3. The Morgan fingerprint density at radius 2 is 2.00 bits per heavy atom. The van der Waals surface area contributed by atoms with Crippen molar-refractivity contribution in [2.45, 2.75) is 19.5 Å². The first-order valence-electron chi connectivity index (χ1n) is 7.18. The summed E-state index contributed by atoms with van der Waals surface area (Å²) in [7, 11) is 0. The van der Waals surface area contributed by atoms with Crippen LogP contribution in [0.2, 0.25) is 5.02 Å². The fourth-order valence-electron chi connectivity index (χ4n) is 1.92. The lowest BCUT2D eigenvalue weighted by Gasteiger charge is -2.12. The molecule has 0 spiro atoms. The summed E-state index contributed by atoms with van der Waals surface area (Å²) in [6.45, 7) is 2.71. The van der Waals surface area contributed by atoms with Gasteiger partial charge in [0.15, 0.2) is 0 Å². The number of alkyl halides is 3. The highest BCUT2D eigenvalue weighted by atomic mass is 35.5. The summed E-state index contributed by atoms with van der Waals surface area (Å²) in [5, 5.41) is 5.48. The number of nitrogens with one attached hydrogen (secondary N) is 2. The van der Waals surface area contributed by atoms with Gasteiger partial charge in [0.25, 0.3) is 5.91 Å². The number of halogens is 4. The van der Waals surface area contributed by atoms with Gasteiger partial charge >= 0.3 is 6.18 Å². The zero-order valence-electron chi connectivity index (χ0n) is 12.7. The SMILES string of the molecule is CCCNc1cncc(C(=O)Nc2cc(C(F)(F)F)ccc2Cl)c1. The van der Waals surface area contributed by atoms with E-state index in [0.717, 1.165) is 24.6 Å². The van der Waals surface area contributed by atoms with Crippen molar-refractivity contribution in [3.05, 3.63) is 52.8 Å². The third-order valence-corrected chi connectivity index (χ3v) is 3.45. The topological polar surface area (TPSA) is 54.0 Å². The average Bonchev–Trinajstić information content (AvgIpc) is 2.54. The van der Waals surface area contributed by atoms with Gasteiger partial charge < -0.3 is 10.6 Å². The van der Waals surface area contributed by atoms with E-state index < -0.39 is 17.6 Å². The molecule has 0 bridgehead atoms. The Morgan fingerprint density at radius 1 is 1.25 bits per heavy atom. The first kappa shape index (κ1) is 18.1. The minimum absolute atomic E-state index is 0.0181. The molecule has 0 aliphatic rings. The van der Waals surface area contributed by atoms with E-state index >= 15 is 0 Å². The van der Waals surface area contributed by atoms with Crippen molar-refractivity contribution < 1.29 is 18.0 Å². The van der Waals surface area contributed by atoms with Crippen molar-refractivity contribution in [3.8, 4) is 0 Å². The highest BCUT2D eigenvalue weighted by Gasteiger charge is 2.31. The van der Waals surface area contributed by atoms with Crippen molar-refractivity contribution in [3.63, 3.8) is 0 Å². The second-order valence-electron chi connectivity index (χ2n) is 5.04. The molecule has 2 rings (SSSR count). The van der Waals surface area contributed by atoms with Crippen LogP contribution in [-0.4, -0.2) is 17.4 Å². The first-order chi connectivity index (χ1) is 11.3. The van der Waals surface area contributed by atoms with Gasteiger partial charge in [-0.25, -0.2) is 0 Å². The van der Waals surface area contributed by atoms with Crippen LogP contribution >= 0.6 is 11.6 Å². The van der Waals surface area contributed by atoms with Crippen LogP contribution in [-0.2, 0) is 6.18 Å². The highest BCUT2D eigenvalue weighted by Crippen LogP contribution is 2.34. The van der Waals surface area contributed by atoms with Crippen LogP contribution in [0.25, 0.3) is 0 Å². The molecule has 0 atom stereocenters. The van der Waals surface area contributed by atoms with Gasteiger partial charge in [-0.3, -0.25) is 9.78 Å². The summed E-state index contributed by atoms with van der Waals surface area (Å²) in [5.41, 5.74) is -0.133. The molecule has 0 fully saturated rings. The number of pyridine rings is 1. The number of hydrogen-bond donors (Lipinski definition) is 2. The van der Waals surface area contributed by atoms with Gasteiger partial charge in [-0.05, 0) is 30.7 Å². The van der Waals surface area contributed by atoms with E-state index in [0.29, 0.717) is 12.2 Å². The first-order valence-corrected chi connectivity index (χ1v) is 7.56. The lowest BCUT2D eigenvalue weighted by Crippen LogP contribution is -2.14. The highest BCUT2D eigenvalue weighted by molar-refractivity contribution is 6.34. The third kappa shape index (κ3) is 4.61. The monoisotopic (exact) mass is 357 g/mol. The lowest BCUT2D eigenvalue weighted by molar-refractivity contribution is -0.137. The number of anilines is 2. The van der Waals surface area contributed by atoms with Crippen LogP contribution in [0.3, 0.4) is 0 Å². The Kier molecular flexibility index (Phi) is 5.66. The van der Waals surface area contributed by atoms with Crippen molar-refractivity contribution >= 4 is 28.9 Å². The van der Waals surface area contributed by atoms with Crippen LogP contribution < -0.4 is 10.6 Å². The normalized spacial score (nSPS) is 11.2. The Balaban J connectivity index is 2.20. The molecule has 0 saturated carbocycles. The van der Waals surface area contributed by atoms with E-state index in [1.165, 1.54) is 6.20 Å². The molecule has 8 heteroatoms. The Morgan fingerprint density at radius 3 is 2.67 bits per heavy atom. The summed E-state index contributed by atoms with van der Waals surface area (Å²) in [6.07, 6.45) is -0.733. The molecule has 128 valence electrons. The van der Waals surface area contributed by atoms with Gasteiger partial charge in [0.1, 0.15) is 0 Å². The predicted octanol–water partition coefficient (Wildman–Crippen LogP) is 4.83. The van der Waals surface area contributed by atoms with Crippen molar-refractivity contribution in [1.82, 2.24) is 4.98 Å². The molecule has 24 heavy (non-hydrogen) atoms. The molecule has 2 aromatic rings. The average molecular weight is 358 g/mol. The third-order valence-electron chi connectivity index (χ3n) is 3.12. The number of nitrogens with zero attached hydrogens (tertiary/aromatic N) is 1. The maximum atomic E-state index is 12.8. The van der Waals surface area contributed by atoms with Crippen molar-refractivity contribution in [1.29, 1.82) is 0 Å². The van der Waals surface area contributed by atoms with Crippen LogP contribution in [0.5, 0.6) is 0 Å². The number of carbonyl (C=O) groups is 1. The Labute approximate surface area is 142 Å². The zero-order valence-corrected chi connectivity index (χ0v) is 13.5. The summed E-state index contributed by atoms with van der Waals surface area (Å²) in [4.78, 5) is 16.2. The van der Waals surface area contributed by atoms with Crippen molar-refractivity contribution in [2.75, 3.05) is 17.2 Å². The van der Waals surface area contributed by atoms with E-state index in [1.807, 2.05) is 6.92 Å². The minimum Gasteiger partial charge on any atom is -0.384 e. The fraction of sp³-hybridized carbons (Fsp3) is 0.250. The smallest absolute Gasteiger partial charge is 0.384 e. The van der Waals surface area contributed by atoms with Gasteiger partial charge in [-0.1, -0.05) is 18.5 Å². The number of rotatable bonds is 5. The summed E-state index contributed by atoms with van der Waals surface area (Å²) >= 11 is 5.87. The summed E-state index contributed by atoms with van der Waals surface area (Å²) in [6, 6.07) is 4.32. The van der Waals surface area contributed by atoms with Gasteiger partial charge in [-0.2, -0.15) is 13.2 Å². The maximum absolute atomic E-state index is 12.8. The zero-order chi connectivity index (χ0) is 17.7. The van der Waals surface area contributed by atoms with Gasteiger partial charge in [0, 0.05) is 18.9 Å². The van der Waals surface area contributed by atoms with Gasteiger partial charge in [0.05, 0.1) is 27.5 Å². The molecule has 0 radical (unpaired) electrons. The van der Waals surface area contributed by atoms with Gasteiger partial charge in [-0.15, -0.1) is 0 Å². The second kappa shape index (κ2) is 7.53. The molecule has 0 aliphatic heterocycles. The van der Waals surface area contributed by atoms with E-state index in [1.54, 1.807) is 12.3 Å². The largest absolute Gasteiger partial charge is 0.416 e. The minimum atomic E-state index is -4.52. The van der Waals surface area contributed by atoms with Crippen LogP contribution in [0.4, 0.5) is 24.5 Å². The van der Waals surface area contributed by atoms with E-state index in [4.69, 9.17) is 11.6 Å². The number of amides is 1.